The van der Waals surface area contributed by atoms with Crippen LogP contribution in [0.5, 0.6) is 0 Å². The number of aromatic amines is 1. The summed E-state index contributed by atoms with van der Waals surface area (Å²) in [5.74, 6) is 1.04. The monoisotopic (exact) mass is 222 g/mol. The Hall–Kier alpha value is -1.03. The number of rotatable bonds is 1. The van der Waals surface area contributed by atoms with Crippen LogP contribution in [0.15, 0.2) is 6.07 Å². The van der Waals surface area contributed by atoms with Gasteiger partial charge in [0.2, 0.25) is 0 Å². The predicted molar refractivity (Wildman–Crippen MR) is 66.7 cm³/mol. The van der Waals surface area contributed by atoms with Crippen LogP contribution in [0.25, 0.3) is 0 Å². The van der Waals surface area contributed by atoms with Crippen molar-refractivity contribution in [1.29, 1.82) is 0 Å². The molecule has 0 radical (unpaired) electrons. The predicted octanol–water partition coefficient (Wildman–Crippen LogP) is 1.63. The Morgan fingerprint density at radius 3 is 2.81 bits per heavy atom. The molecule has 0 aromatic carbocycles. The van der Waals surface area contributed by atoms with Crippen molar-refractivity contribution in [3.05, 3.63) is 11.8 Å². The van der Waals surface area contributed by atoms with Gasteiger partial charge >= 0.3 is 0 Å². The zero-order chi connectivity index (χ0) is 11.8. The number of piperidine rings is 1. The first-order valence-corrected chi connectivity index (χ1v) is 6.03. The summed E-state index contributed by atoms with van der Waals surface area (Å²) < 4.78 is 0. The molecule has 4 nitrogen and oxygen atoms in total. The number of hydrogen-bond acceptors (Lipinski definition) is 3. The normalized spacial score (nSPS) is 22.5. The van der Waals surface area contributed by atoms with Gasteiger partial charge in [-0.05, 0) is 12.8 Å². The molecule has 0 spiro atoms. The van der Waals surface area contributed by atoms with Crippen LogP contribution < -0.4 is 10.6 Å². The molecule has 0 saturated carbocycles. The highest BCUT2D eigenvalue weighted by Gasteiger charge is 2.22. The van der Waals surface area contributed by atoms with E-state index in [1.165, 1.54) is 12.1 Å². The highest BCUT2D eigenvalue weighted by molar-refractivity contribution is 5.41. The van der Waals surface area contributed by atoms with Crippen molar-refractivity contribution < 1.29 is 0 Å². The van der Waals surface area contributed by atoms with Gasteiger partial charge in [-0.3, -0.25) is 5.10 Å². The smallest absolute Gasteiger partial charge is 0.150 e. The molecule has 1 fully saturated rings. The van der Waals surface area contributed by atoms with Crippen LogP contribution in [0.4, 0.5) is 5.82 Å². The van der Waals surface area contributed by atoms with E-state index in [1.54, 1.807) is 0 Å². The van der Waals surface area contributed by atoms with Crippen LogP contribution in [0.2, 0.25) is 0 Å². The third-order valence-electron chi connectivity index (χ3n) is 3.15. The first-order chi connectivity index (χ1) is 7.47. The van der Waals surface area contributed by atoms with E-state index in [-0.39, 0.29) is 5.41 Å². The lowest BCUT2D eigenvalue weighted by Gasteiger charge is -2.30. The van der Waals surface area contributed by atoms with Gasteiger partial charge in [0.15, 0.2) is 5.82 Å². The molecular weight excluding hydrogens is 200 g/mol. The zero-order valence-electron chi connectivity index (χ0n) is 10.5. The van der Waals surface area contributed by atoms with E-state index in [4.69, 9.17) is 5.73 Å². The molecule has 3 N–H and O–H groups in total. The van der Waals surface area contributed by atoms with E-state index in [9.17, 15) is 0 Å². The zero-order valence-corrected chi connectivity index (χ0v) is 10.5. The summed E-state index contributed by atoms with van der Waals surface area (Å²) in [6.07, 6.45) is 2.30. The number of H-pyrrole nitrogens is 1. The Morgan fingerprint density at radius 2 is 2.25 bits per heavy atom. The number of nitrogens with one attached hydrogen (secondary N) is 1. The van der Waals surface area contributed by atoms with Gasteiger partial charge in [0.25, 0.3) is 0 Å². The standard InChI is InChI=1S/C12H22N4/c1-12(2,3)10-7-11(15-14-10)16-6-4-5-9(13)8-16/h7,9H,4-6,8,13H2,1-3H3,(H,14,15)/t9-/m1/s1. The third-order valence-corrected chi connectivity index (χ3v) is 3.15. The maximum atomic E-state index is 5.98. The summed E-state index contributed by atoms with van der Waals surface area (Å²) in [5.41, 5.74) is 7.29. The van der Waals surface area contributed by atoms with E-state index in [1.807, 2.05) is 0 Å². The summed E-state index contributed by atoms with van der Waals surface area (Å²) in [6, 6.07) is 2.45. The van der Waals surface area contributed by atoms with Gasteiger partial charge in [0, 0.05) is 36.3 Å². The number of nitrogens with zero attached hydrogens (tertiary/aromatic N) is 2. The molecule has 0 bridgehead atoms. The van der Waals surface area contributed by atoms with Crippen LogP contribution in [-0.4, -0.2) is 29.3 Å². The fraction of sp³-hybridized carbons (Fsp3) is 0.750. The fourth-order valence-electron chi connectivity index (χ4n) is 2.08. The van der Waals surface area contributed by atoms with Crippen molar-refractivity contribution in [1.82, 2.24) is 10.2 Å². The van der Waals surface area contributed by atoms with Gasteiger partial charge < -0.3 is 10.6 Å². The third kappa shape index (κ3) is 2.38. The Morgan fingerprint density at radius 1 is 1.50 bits per heavy atom. The van der Waals surface area contributed by atoms with E-state index < -0.39 is 0 Å². The minimum Gasteiger partial charge on any atom is -0.354 e. The first-order valence-electron chi connectivity index (χ1n) is 6.03. The average Bonchev–Trinajstić information content (AvgIpc) is 2.65. The molecule has 0 aliphatic carbocycles. The number of nitrogens with two attached hydrogens (primary N) is 1. The molecule has 1 aromatic heterocycles. The SMILES string of the molecule is CC(C)(C)c1cc(N2CCC[C@@H](N)C2)n[nH]1. The molecule has 2 heterocycles. The average molecular weight is 222 g/mol. The molecule has 16 heavy (non-hydrogen) atoms. The van der Waals surface area contributed by atoms with Gasteiger partial charge in [0.05, 0.1) is 0 Å². The first kappa shape index (κ1) is 11.5. The molecule has 1 aromatic rings. The molecule has 0 amide bonds. The van der Waals surface area contributed by atoms with Crippen molar-refractivity contribution in [2.75, 3.05) is 18.0 Å². The van der Waals surface area contributed by atoms with E-state index in [0.29, 0.717) is 6.04 Å². The molecule has 0 unspecified atom stereocenters. The lowest BCUT2D eigenvalue weighted by atomic mass is 9.92. The second kappa shape index (κ2) is 4.09. The molecule has 1 saturated heterocycles. The van der Waals surface area contributed by atoms with Crippen molar-refractivity contribution >= 4 is 5.82 Å². The number of aromatic nitrogens is 2. The fourth-order valence-corrected chi connectivity index (χ4v) is 2.08. The molecule has 90 valence electrons. The number of hydrogen-bond donors (Lipinski definition) is 2. The van der Waals surface area contributed by atoms with Crippen LogP contribution in [0.1, 0.15) is 39.3 Å². The van der Waals surface area contributed by atoms with Gasteiger partial charge in [0.1, 0.15) is 0 Å². The second-order valence-corrected chi connectivity index (χ2v) is 5.74. The lowest BCUT2D eigenvalue weighted by molar-refractivity contribution is 0.503. The Labute approximate surface area is 97.2 Å². The largest absolute Gasteiger partial charge is 0.354 e. The minimum atomic E-state index is 0.128. The van der Waals surface area contributed by atoms with Crippen LogP contribution in [0, 0.1) is 0 Å². The van der Waals surface area contributed by atoms with E-state index >= 15 is 0 Å². The Bertz CT molecular complexity index is 350. The second-order valence-electron chi connectivity index (χ2n) is 5.74. The molecular formula is C12H22N4. The van der Waals surface area contributed by atoms with Crippen molar-refractivity contribution in [2.24, 2.45) is 5.73 Å². The molecule has 1 aliphatic rings. The van der Waals surface area contributed by atoms with Gasteiger partial charge in [-0.2, -0.15) is 5.10 Å². The van der Waals surface area contributed by atoms with Crippen molar-refractivity contribution in [2.45, 2.75) is 45.1 Å². The van der Waals surface area contributed by atoms with Crippen LogP contribution in [-0.2, 0) is 5.41 Å². The Balaban J connectivity index is 2.12. The molecule has 1 atom stereocenters. The summed E-state index contributed by atoms with van der Waals surface area (Å²) in [6.45, 7) is 8.56. The summed E-state index contributed by atoms with van der Waals surface area (Å²) in [4.78, 5) is 2.28. The molecule has 4 heteroatoms. The van der Waals surface area contributed by atoms with Crippen LogP contribution in [0.3, 0.4) is 0 Å². The Kier molecular flexibility index (Phi) is 2.93. The van der Waals surface area contributed by atoms with Gasteiger partial charge in [-0.25, -0.2) is 0 Å². The quantitative estimate of drug-likeness (QED) is 0.759. The molecule has 2 rings (SSSR count). The topological polar surface area (TPSA) is 57.9 Å². The summed E-state index contributed by atoms with van der Waals surface area (Å²) in [7, 11) is 0. The maximum Gasteiger partial charge on any atom is 0.150 e. The van der Waals surface area contributed by atoms with Crippen molar-refractivity contribution in [3.8, 4) is 0 Å². The lowest BCUT2D eigenvalue weighted by Crippen LogP contribution is -2.43. The minimum absolute atomic E-state index is 0.128. The summed E-state index contributed by atoms with van der Waals surface area (Å²) in [5, 5.41) is 7.51. The molecule has 1 aliphatic heterocycles. The number of anilines is 1. The van der Waals surface area contributed by atoms with Gasteiger partial charge in [-0.15, -0.1) is 0 Å². The van der Waals surface area contributed by atoms with Crippen LogP contribution >= 0.6 is 0 Å². The van der Waals surface area contributed by atoms with E-state index in [0.717, 1.165) is 25.3 Å². The highest BCUT2D eigenvalue weighted by Crippen LogP contribution is 2.25. The van der Waals surface area contributed by atoms with E-state index in [2.05, 4.69) is 41.9 Å². The van der Waals surface area contributed by atoms with Gasteiger partial charge in [-0.1, -0.05) is 20.8 Å². The highest BCUT2D eigenvalue weighted by atomic mass is 15.3. The summed E-state index contributed by atoms with van der Waals surface area (Å²) >= 11 is 0. The van der Waals surface area contributed by atoms with Crippen molar-refractivity contribution in [3.63, 3.8) is 0 Å². The maximum absolute atomic E-state index is 5.98.